The van der Waals surface area contributed by atoms with Gasteiger partial charge >= 0.3 is 12.1 Å². The van der Waals surface area contributed by atoms with Crippen molar-refractivity contribution in [3.8, 4) is 11.1 Å². The first-order valence-electron chi connectivity index (χ1n) is 12.2. The SMILES string of the molecule is C/C(=C\CNC(=O)CC1(NC(=O)OCC2c3ccccc3-c3ccccc32)CCCCC1)C(=O)O. The molecule has 4 rings (SSSR count). The first kappa shape index (κ1) is 24.5. The fraction of sp³-hybridized carbons (Fsp3) is 0.393. The number of rotatable bonds is 8. The maximum absolute atomic E-state index is 12.9. The summed E-state index contributed by atoms with van der Waals surface area (Å²) in [5, 5.41) is 14.7. The third-order valence-electron chi connectivity index (χ3n) is 7.07. The molecule has 2 amide bonds. The second-order valence-electron chi connectivity index (χ2n) is 9.46. The van der Waals surface area contributed by atoms with Crippen LogP contribution in [-0.2, 0) is 14.3 Å². The standard InChI is InChI=1S/C28H32N2O5/c1-19(26(32)33)13-16-29-25(31)17-28(14-7-2-8-15-28)30-27(34)35-18-24-22-11-5-3-9-20(22)21-10-4-6-12-23(21)24/h3-6,9-13,24H,2,7-8,14-18H2,1H3,(H,29,31)(H,30,34)(H,32,33)/b19-13+. The summed E-state index contributed by atoms with van der Waals surface area (Å²) in [5.41, 5.74) is 4.16. The van der Waals surface area contributed by atoms with Gasteiger partial charge in [0.25, 0.3) is 0 Å². The highest BCUT2D eigenvalue weighted by atomic mass is 16.5. The smallest absolute Gasteiger partial charge is 0.407 e. The monoisotopic (exact) mass is 476 g/mol. The Labute approximate surface area is 205 Å². The quantitative estimate of drug-likeness (QED) is 0.476. The van der Waals surface area contributed by atoms with E-state index in [-0.39, 0.29) is 37.0 Å². The van der Waals surface area contributed by atoms with Gasteiger partial charge in [-0.1, -0.05) is 73.9 Å². The average molecular weight is 477 g/mol. The van der Waals surface area contributed by atoms with Gasteiger partial charge in [0, 0.05) is 24.5 Å². The summed E-state index contributed by atoms with van der Waals surface area (Å²) in [7, 11) is 0. The van der Waals surface area contributed by atoms with Crippen molar-refractivity contribution in [3.05, 3.63) is 71.3 Å². The topological polar surface area (TPSA) is 105 Å². The number of carbonyl (C=O) groups is 3. The van der Waals surface area contributed by atoms with E-state index in [0.29, 0.717) is 12.8 Å². The lowest BCUT2D eigenvalue weighted by Gasteiger charge is -2.37. The molecular weight excluding hydrogens is 444 g/mol. The van der Waals surface area contributed by atoms with Gasteiger partial charge in [-0.05, 0) is 42.0 Å². The summed E-state index contributed by atoms with van der Waals surface area (Å²) in [4.78, 5) is 36.4. The Bertz CT molecular complexity index is 1090. The van der Waals surface area contributed by atoms with Crippen molar-refractivity contribution >= 4 is 18.0 Å². The number of hydrogen-bond acceptors (Lipinski definition) is 4. The normalized spacial score (nSPS) is 16.7. The van der Waals surface area contributed by atoms with Crippen LogP contribution in [-0.4, -0.2) is 41.8 Å². The average Bonchev–Trinajstić information content (AvgIpc) is 3.16. The number of aliphatic carboxylic acids is 1. The van der Waals surface area contributed by atoms with Crippen LogP contribution in [0.15, 0.2) is 60.2 Å². The maximum atomic E-state index is 12.9. The Kier molecular flexibility index (Phi) is 7.54. The highest BCUT2D eigenvalue weighted by Crippen LogP contribution is 2.44. The van der Waals surface area contributed by atoms with Gasteiger partial charge in [0.05, 0.1) is 5.54 Å². The number of ether oxygens (including phenoxy) is 1. The lowest BCUT2D eigenvalue weighted by molar-refractivity contribution is -0.132. The Morgan fingerprint density at radius 2 is 1.60 bits per heavy atom. The number of hydrogen-bond donors (Lipinski definition) is 3. The molecule has 184 valence electrons. The van der Waals surface area contributed by atoms with Crippen molar-refractivity contribution in [2.75, 3.05) is 13.2 Å². The number of alkyl carbamates (subject to hydrolysis) is 1. The van der Waals surface area contributed by atoms with E-state index in [1.807, 2.05) is 24.3 Å². The molecule has 7 nitrogen and oxygen atoms in total. The van der Waals surface area contributed by atoms with E-state index < -0.39 is 17.6 Å². The van der Waals surface area contributed by atoms with E-state index in [9.17, 15) is 14.4 Å². The van der Waals surface area contributed by atoms with Crippen molar-refractivity contribution < 1.29 is 24.2 Å². The molecule has 1 saturated carbocycles. The van der Waals surface area contributed by atoms with Crippen LogP contribution in [0.5, 0.6) is 0 Å². The third-order valence-corrected chi connectivity index (χ3v) is 7.07. The second-order valence-corrected chi connectivity index (χ2v) is 9.46. The van der Waals surface area contributed by atoms with Crippen LogP contribution < -0.4 is 10.6 Å². The van der Waals surface area contributed by atoms with Gasteiger partial charge < -0.3 is 20.5 Å². The molecule has 2 aromatic carbocycles. The van der Waals surface area contributed by atoms with Gasteiger partial charge in [0.1, 0.15) is 6.61 Å². The highest BCUT2D eigenvalue weighted by Gasteiger charge is 2.37. The van der Waals surface area contributed by atoms with Gasteiger partial charge in [-0.25, -0.2) is 9.59 Å². The summed E-state index contributed by atoms with van der Waals surface area (Å²) in [6.45, 7) is 1.84. The number of fused-ring (bicyclic) bond motifs is 3. The van der Waals surface area contributed by atoms with Gasteiger partial charge in [-0.2, -0.15) is 0 Å². The number of carboxylic acid groups (broad SMARTS) is 1. The van der Waals surface area contributed by atoms with E-state index in [2.05, 4.69) is 34.9 Å². The largest absolute Gasteiger partial charge is 0.478 e. The molecule has 0 aromatic heterocycles. The molecule has 35 heavy (non-hydrogen) atoms. The van der Waals surface area contributed by atoms with Crippen LogP contribution in [0.3, 0.4) is 0 Å². The van der Waals surface area contributed by atoms with Crippen molar-refractivity contribution in [2.45, 2.75) is 56.9 Å². The third kappa shape index (κ3) is 5.73. The fourth-order valence-electron chi connectivity index (χ4n) is 5.20. The maximum Gasteiger partial charge on any atom is 0.407 e. The summed E-state index contributed by atoms with van der Waals surface area (Å²) < 4.78 is 5.73. The first-order chi connectivity index (χ1) is 16.9. The lowest BCUT2D eigenvalue weighted by Crippen LogP contribution is -2.52. The molecule has 2 aromatic rings. The second kappa shape index (κ2) is 10.8. The van der Waals surface area contributed by atoms with E-state index in [1.54, 1.807) is 0 Å². The van der Waals surface area contributed by atoms with Crippen molar-refractivity contribution in [2.24, 2.45) is 0 Å². The van der Waals surface area contributed by atoms with E-state index >= 15 is 0 Å². The summed E-state index contributed by atoms with van der Waals surface area (Å²) in [6.07, 6.45) is 5.41. The molecule has 7 heteroatoms. The molecule has 2 aliphatic carbocycles. The van der Waals surface area contributed by atoms with E-state index in [1.165, 1.54) is 24.1 Å². The predicted octanol–water partition coefficient (Wildman–Crippen LogP) is 4.77. The predicted molar refractivity (Wildman–Crippen MR) is 133 cm³/mol. The minimum Gasteiger partial charge on any atom is -0.478 e. The van der Waals surface area contributed by atoms with E-state index in [4.69, 9.17) is 9.84 Å². The van der Waals surface area contributed by atoms with Crippen LogP contribution >= 0.6 is 0 Å². The van der Waals surface area contributed by atoms with Crippen molar-refractivity contribution in [1.82, 2.24) is 10.6 Å². The number of benzene rings is 2. The molecular formula is C28H32N2O5. The Hall–Kier alpha value is -3.61. The molecule has 0 radical (unpaired) electrons. The minimum absolute atomic E-state index is 0.0250. The zero-order valence-corrected chi connectivity index (χ0v) is 20.0. The van der Waals surface area contributed by atoms with Gasteiger partial charge in [-0.3, -0.25) is 4.79 Å². The van der Waals surface area contributed by atoms with E-state index in [0.717, 1.165) is 30.4 Å². The zero-order valence-electron chi connectivity index (χ0n) is 20.0. The van der Waals surface area contributed by atoms with Crippen LogP contribution in [0.1, 0.15) is 62.5 Å². The molecule has 0 spiro atoms. The first-order valence-corrected chi connectivity index (χ1v) is 12.2. The fourth-order valence-corrected chi connectivity index (χ4v) is 5.20. The van der Waals surface area contributed by atoms with Crippen LogP contribution in [0.2, 0.25) is 0 Å². The van der Waals surface area contributed by atoms with Crippen LogP contribution in [0.4, 0.5) is 4.79 Å². The molecule has 1 fully saturated rings. The number of carbonyl (C=O) groups excluding carboxylic acids is 2. The van der Waals surface area contributed by atoms with Crippen LogP contribution in [0.25, 0.3) is 11.1 Å². The Balaban J connectivity index is 1.38. The number of nitrogens with one attached hydrogen (secondary N) is 2. The molecule has 0 atom stereocenters. The minimum atomic E-state index is -1.01. The highest BCUT2D eigenvalue weighted by molar-refractivity contribution is 5.86. The molecule has 3 N–H and O–H groups in total. The van der Waals surface area contributed by atoms with Gasteiger partial charge in [0.15, 0.2) is 0 Å². The lowest BCUT2D eigenvalue weighted by atomic mass is 9.79. The van der Waals surface area contributed by atoms with Crippen LogP contribution in [0, 0.1) is 0 Å². The Morgan fingerprint density at radius 1 is 1.00 bits per heavy atom. The molecule has 2 aliphatic rings. The number of amides is 2. The summed E-state index contributed by atoms with van der Waals surface area (Å²) >= 11 is 0. The molecule has 0 saturated heterocycles. The van der Waals surface area contributed by atoms with Gasteiger partial charge in [-0.15, -0.1) is 0 Å². The van der Waals surface area contributed by atoms with Gasteiger partial charge in [0.2, 0.25) is 5.91 Å². The van der Waals surface area contributed by atoms with Crippen molar-refractivity contribution in [1.29, 1.82) is 0 Å². The van der Waals surface area contributed by atoms with Crippen molar-refractivity contribution in [3.63, 3.8) is 0 Å². The molecule has 0 bridgehead atoms. The zero-order chi connectivity index (χ0) is 24.8. The summed E-state index contributed by atoms with van der Waals surface area (Å²) in [5.74, 6) is -1.26. The molecule has 0 aliphatic heterocycles. The Morgan fingerprint density at radius 3 is 2.20 bits per heavy atom. The number of carboxylic acids is 1. The molecule has 0 heterocycles. The molecule has 0 unspecified atom stereocenters. The summed E-state index contributed by atoms with van der Waals surface area (Å²) in [6, 6.07) is 16.4.